The van der Waals surface area contributed by atoms with E-state index in [-0.39, 0.29) is 17.4 Å². The molecule has 1 N–H and O–H groups in total. The molecular formula is C22H26O4Si. The van der Waals surface area contributed by atoms with Crippen molar-refractivity contribution >= 4 is 24.5 Å². The van der Waals surface area contributed by atoms with Gasteiger partial charge in [0, 0.05) is 0 Å². The van der Waals surface area contributed by atoms with Crippen molar-refractivity contribution in [1.82, 2.24) is 0 Å². The van der Waals surface area contributed by atoms with Gasteiger partial charge in [0.1, 0.15) is 6.10 Å². The summed E-state index contributed by atoms with van der Waals surface area (Å²) < 4.78 is 12.1. The molecule has 0 spiro atoms. The lowest BCUT2D eigenvalue weighted by Crippen LogP contribution is -2.67. The lowest BCUT2D eigenvalue weighted by Gasteiger charge is -2.43. The van der Waals surface area contributed by atoms with Crippen LogP contribution in [-0.4, -0.2) is 38.2 Å². The summed E-state index contributed by atoms with van der Waals surface area (Å²) in [6, 6.07) is 20.5. The van der Waals surface area contributed by atoms with Crippen LogP contribution in [0.4, 0.5) is 0 Å². The maximum Gasteiger partial charge on any atom is 0.261 e. The molecule has 5 heteroatoms. The molecule has 0 saturated carbocycles. The molecule has 2 aromatic carbocycles. The predicted molar refractivity (Wildman–Crippen MR) is 109 cm³/mol. The van der Waals surface area contributed by atoms with E-state index in [1.807, 2.05) is 36.4 Å². The third kappa shape index (κ3) is 3.96. The van der Waals surface area contributed by atoms with Gasteiger partial charge in [-0.3, -0.25) is 4.79 Å². The number of aliphatic hydroxyl groups is 1. The topological polar surface area (TPSA) is 55.8 Å². The van der Waals surface area contributed by atoms with Crippen LogP contribution in [-0.2, 0) is 14.0 Å². The third-order valence-electron chi connectivity index (χ3n) is 4.91. The number of hydrogen-bond donors (Lipinski definition) is 1. The molecule has 0 saturated heterocycles. The SMILES string of the molecule is CC(C)(C)[Si](OC[C@@H]1OC(O)C=CC1=O)(c1ccccc1)c1ccccc1. The molecule has 0 amide bonds. The molecule has 1 aliphatic heterocycles. The van der Waals surface area contributed by atoms with Crippen molar-refractivity contribution < 1.29 is 19.1 Å². The fourth-order valence-corrected chi connectivity index (χ4v) is 8.21. The van der Waals surface area contributed by atoms with Crippen LogP contribution in [0.5, 0.6) is 0 Å². The van der Waals surface area contributed by atoms with E-state index in [0.717, 1.165) is 10.4 Å². The summed E-state index contributed by atoms with van der Waals surface area (Å²) in [5.41, 5.74) is 0. The Balaban J connectivity index is 2.04. The molecule has 0 radical (unpaired) electrons. The first kappa shape index (κ1) is 19.7. The minimum absolute atomic E-state index is 0.105. The molecule has 2 atom stereocenters. The first-order valence-electron chi connectivity index (χ1n) is 9.15. The maximum atomic E-state index is 12.2. The Labute approximate surface area is 161 Å². The zero-order chi connectivity index (χ0) is 19.5. The van der Waals surface area contributed by atoms with Gasteiger partial charge in [0.2, 0.25) is 0 Å². The van der Waals surface area contributed by atoms with Gasteiger partial charge in [-0.25, -0.2) is 0 Å². The summed E-state index contributed by atoms with van der Waals surface area (Å²) in [5.74, 6) is -0.182. The first-order valence-corrected chi connectivity index (χ1v) is 11.1. The van der Waals surface area contributed by atoms with E-state index in [1.165, 1.54) is 12.2 Å². The van der Waals surface area contributed by atoms with Gasteiger partial charge in [-0.2, -0.15) is 0 Å². The molecule has 27 heavy (non-hydrogen) atoms. The Hall–Kier alpha value is -2.05. The van der Waals surface area contributed by atoms with Crippen LogP contribution < -0.4 is 10.4 Å². The lowest BCUT2D eigenvalue weighted by atomic mass is 10.2. The van der Waals surface area contributed by atoms with Crippen molar-refractivity contribution in [3.63, 3.8) is 0 Å². The van der Waals surface area contributed by atoms with Crippen molar-refractivity contribution in [2.24, 2.45) is 0 Å². The van der Waals surface area contributed by atoms with Gasteiger partial charge in [0.15, 0.2) is 12.1 Å². The molecule has 2 aromatic rings. The van der Waals surface area contributed by atoms with Crippen LogP contribution >= 0.6 is 0 Å². The Kier molecular flexibility index (Phi) is 5.77. The highest BCUT2D eigenvalue weighted by molar-refractivity contribution is 6.99. The number of carbonyl (C=O) groups is 1. The molecular weight excluding hydrogens is 356 g/mol. The van der Waals surface area contributed by atoms with Gasteiger partial charge in [-0.05, 0) is 27.6 Å². The number of carbonyl (C=O) groups excluding carboxylic acids is 1. The Morgan fingerprint density at radius 2 is 1.52 bits per heavy atom. The van der Waals surface area contributed by atoms with Crippen molar-refractivity contribution in [1.29, 1.82) is 0 Å². The van der Waals surface area contributed by atoms with Crippen LogP contribution in [0, 0.1) is 0 Å². The average molecular weight is 383 g/mol. The summed E-state index contributed by atoms with van der Waals surface area (Å²) in [6.07, 6.45) is 0.844. The van der Waals surface area contributed by atoms with E-state index >= 15 is 0 Å². The number of aliphatic hydroxyl groups excluding tert-OH is 1. The summed E-state index contributed by atoms with van der Waals surface area (Å²) in [7, 11) is -2.72. The molecule has 0 aliphatic carbocycles. The molecule has 4 nitrogen and oxygen atoms in total. The monoisotopic (exact) mass is 382 g/mol. The maximum absolute atomic E-state index is 12.2. The normalized spacial score (nSPS) is 20.7. The quantitative estimate of drug-likeness (QED) is 0.807. The summed E-state index contributed by atoms with van der Waals surface area (Å²) >= 11 is 0. The smallest absolute Gasteiger partial charge is 0.261 e. The Bertz CT molecular complexity index is 757. The molecule has 0 fully saturated rings. The molecule has 1 heterocycles. The highest BCUT2D eigenvalue weighted by Gasteiger charge is 2.50. The van der Waals surface area contributed by atoms with Gasteiger partial charge >= 0.3 is 0 Å². The number of ketones is 1. The number of ether oxygens (including phenoxy) is 1. The van der Waals surface area contributed by atoms with E-state index in [2.05, 4.69) is 45.0 Å². The Morgan fingerprint density at radius 3 is 2.00 bits per heavy atom. The van der Waals surface area contributed by atoms with Gasteiger partial charge < -0.3 is 14.3 Å². The van der Waals surface area contributed by atoms with Crippen LogP contribution in [0.3, 0.4) is 0 Å². The highest BCUT2D eigenvalue weighted by Crippen LogP contribution is 2.37. The molecule has 142 valence electrons. The van der Waals surface area contributed by atoms with Crippen LogP contribution in [0.15, 0.2) is 72.8 Å². The van der Waals surface area contributed by atoms with Crippen LogP contribution in [0.1, 0.15) is 20.8 Å². The van der Waals surface area contributed by atoms with E-state index in [0.29, 0.717) is 0 Å². The van der Waals surface area contributed by atoms with E-state index in [1.54, 1.807) is 0 Å². The van der Waals surface area contributed by atoms with E-state index < -0.39 is 20.7 Å². The second kappa shape index (κ2) is 7.90. The van der Waals surface area contributed by atoms with Gasteiger partial charge in [0.25, 0.3) is 8.32 Å². The van der Waals surface area contributed by atoms with Crippen LogP contribution in [0.2, 0.25) is 5.04 Å². The molecule has 1 aliphatic rings. The number of benzene rings is 2. The first-order chi connectivity index (χ1) is 12.8. The third-order valence-corrected chi connectivity index (χ3v) is 9.92. The van der Waals surface area contributed by atoms with Gasteiger partial charge in [-0.1, -0.05) is 81.4 Å². The lowest BCUT2D eigenvalue weighted by molar-refractivity contribution is -0.152. The summed E-state index contributed by atoms with van der Waals surface area (Å²) in [6.45, 7) is 6.64. The van der Waals surface area contributed by atoms with Crippen molar-refractivity contribution in [3.8, 4) is 0 Å². The molecule has 0 aromatic heterocycles. The zero-order valence-electron chi connectivity index (χ0n) is 16.0. The minimum atomic E-state index is -2.72. The van der Waals surface area contributed by atoms with E-state index in [9.17, 15) is 9.90 Å². The average Bonchev–Trinajstić information content (AvgIpc) is 2.65. The number of hydrogen-bond acceptors (Lipinski definition) is 4. The second-order valence-corrected chi connectivity index (χ2v) is 12.1. The molecule has 0 bridgehead atoms. The summed E-state index contributed by atoms with van der Waals surface area (Å²) in [5, 5.41) is 11.8. The minimum Gasteiger partial charge on any atom is -0.404 e. The zero-order valence-corrected chi connectivity index (χ0v) is 17.0. The number of rotatable bonds is 5. The molecule has 1 unspecified atom stereocenters. The van der Waals surface area contributed by atoms with Gasteiger partial charge in [0.05, 0.1) is 6.61 Å². The van der Waals surface area contributed by atoms with E-state index in [4.69, 9.17) is 9.16 Å². The summed E-state index contributed by atoms with van der Waals surface area (Å²) in [4.78, 5) is 12.2. The van der Waals surface area contributed by atoms with Gasteiger partial charge in [-0.15, -0.1) is 0 Å². The van der Waals surface area contributed by atoms with Crippen LogP contribution in [0.25, 0.3) is 0 Å². The highest BCUT2D eigenvalue weighted by atomic mass is 28.4. The second-order valence-electron chi connectivity index (χ2n) is 7.75. The van der Waals surface area contributed by atoms with Crippen molar-refractivity contribution in [3.05, 3.63) is 72.8 Å². The van der Waals surface area contributed by atoms with Crippen molar-refractivity contribution in [2.45, 2.75) is 38.2 Å². The largest absolute Gasteiger partial charge is 0.404 e. The standard InChI is InChI=1S/C22H26O4Si/c1-22(2,3)27(17-10-6-4-7-11-17,18-12-8-5-9-13-18)25-16-20-19(23)14-15-21(24)26-20/h4-15,20-21,24H,16H2,1-3H3/t20-,21?/m0/s1. The molecule has 3 rings (SSSR count). The Morgan fingerprint density at radius 1 is 1.00 bits per heavy atom. The van der Waals surface area contributed by atoms with Crippen molar-refractivity contribution in [2.75, 3.05) is 6.61 Å². The predicted octanol–water partition coefficient (Wildman–Crippen LogP) is 2.41. The fraction of sp³-hybridized carbons (Fsp3) is 0.318. The fourth-order valence-electron chi connectivity index (χ4n) is 3.65.